The van der Waals surface area contributed by atoms with Crippen LogP contribution in [-0.4, -0.2) is 30.1 Å². The number of aromatic nitrogens is 1. The molecule has 0 spiro atoms. The van der Waals surface area contributed by atoms with Crippen LogP contribution in [0.2, 0.25) is 0 Å². The van der Waals surface area contributed by atoms with Crippen molar-refractivity contribution in [3.05, 3.63) is 108 Å². The molecule has 5 rings (SSSR count). The summed E-state index contributed by atoms with van der Waals surface area (Å²) in [7, 11) is 1.62. The summed E-state index contributed by atoms with van der Waals surface area (Å²) in [5.41, 5.74) is 6.22. The summed E-state index contributed by atoms with van der Waals surface area (Å²) in [6.07, 6.45) is 6.20. The Morgan fingerprint density at radius 2 is 1.76 bits per heavy atom. The molecule has 4 aromatic rings. The summed E-state index contributed by atoms with van der Waals surface area (Å²) < 4.78 is 13.6. The number of carbonyl (C=O) groups excluding carboxylic acids is 2. The lowest BCUT2D eigenvalue weighted by Crippen LogP contribution is -2.35. The molecule has 0 aliphatic carbocycles. The molecule has 0 bridgehead atoms. The molecule has 2 heterocycles. The zero-order valence-electron chi connectivity index (χ0n) is 20.5. The lowest BCUT2D eigenvalue weighted by Gasteiger charge is -2.13. The maximum absolute atomic E-state index is 13.0. The average molecular weight is 494 g/mol. The number of benzene rings is 3. The van der Waals surface area contributed by atoms with Gasteiger partial charge in [0, 0.05) is 22.7 Å². The van der Waals surface area contributed by atoms with E-state index in [-0.39, 0.29) is 11.5 Å². The molecule has 7 heteroatoms. The van der Waals surface area contributed by atoms with E-state index in [4.69, 9.17) is 9.47 Å². The number of hydrazine groups is 1. The normalized spacial score (nSPS) is 14.3. The van der Waals surface area contributed by atoms with Crippen LogP contribution in [0.4, 0.5) is 5.69 Å². The standard InChI is InChI=1S/C30H27N3O4/c1-3-9-21-14-15-27(28(18-21)36-2)37-17-16-32-20-22(24-12-7-8-13-26(24)32)19-25-29(34)31-33(30(25)35)23-10-5-4-6-11-23/h3-8,10-15,18-20H,1,9,16-17H2,2H3,(H,31,34). The van der Waals surface area contributed by atoms with Gasteiger partial charge in [0.1, 0.15) is 12.2 Å². The minimum Gasteiger partial charge on any atom is -0.493 e. The second-order valence-electron chi connectivity index (χ2n) is 8.60. The van der Waals surface area contributed by atoms with Crippen molar-refractivity contribution >= 4 is 34.5 Å². The van der Waals surface area contributed by atoms with Crippen LogP contribution in [0.15, 0.2) is 97.2 Å². The van der Waals surface area contributed by atoms with Crippen LogP contribution in [-0.2, 0) is 22.6 Å². The minimum atomic E-state index is -0.430. The molecule has 2 amide bonds. The zero-order chi connectivity index (χ0) is 25.8. The van der Waals surface area contributed by atoms with Gasteiger partial charge in [-0.25, -0.2) is 5.01 Å². The van der Waals surface area contributed by atoms with Gasteiger partial charge in [0.05, 0.1) is 19.3 Å². The monoisotopic (exact) mass is 493 g/mol. The predicted molar refractivity (Wildman–Crippen MR) is 144 cm³/mol. The molecule has 186 valence electrons. The minimum absolute atomic E-state index is 0.0901. The Hall–Kier alpha value is -4.78. The molecule has 37 heavy (non-hydrogen) atoms. The first-order valence-electron chi connectivity index (χ1n) is 12.0. The number of fused-ring (bicyclic) bond motifs is 1. The molecule has 1 saturated heterocycles. The van der Waals surface area contributed by atoms with E-state index in [2.05, 4.69) is 16.6 Å². The number of ether oxygens (including phenoxy) is 2. The first-order chi connectivity index (χ1) is 18.1. The van der Waals surface area contributed by atoms with E-state index in [0.717, 1.165) is 28.5 Å². The van der Waals surface area contributed by atoms with Crippen LogP contribution in [0.5, 0.6) is 11.5 Å². The molecule has 1 aliphatic rings. The number of anilines is 1. The molecule has 3 aromatic carbocycles. The number of amides is 2. The molecular weight excluding hydrogens is 466 g/mol. The lowest BCUT2D eigenvalue weighted by molar-refractivity contribution is -0.117. The van der Waals surface area contributed by atoms with E-state index in [9.17, 15) is 9.59 Å². The van der Waals surface area contributed by atoms with Crippen molar-refractivity contribution in [2.45, 2.75) is 13.0 Å². The third kappa shape index (κ3) is 4.84. The predicted octanol–water partition coefficient (Wildman–Crippen LogP) is 4.92. The van der Waals surface area contributed by atoms with Crippen molar-refractivity contribution in [3.63, 3.8) is 0 Å². The number of hydrogen-bond acceptors (Lipinski definition) is 4. The molecule has 1 fully saturated rings. The maximum atomic E-state index is 13.0. The number of allylic oxidation sites excluding steroid dienone is 1. The maximum Gasteiger partial charge on any atom is 0.282 e. The Bertz CT molecular complexity index is 1500. The van der Waals surface area contributed by atoms with Crippen molar-refractivity contribution < 1.29 is 19.1 Å². The van der Waals surface area contributed by atoms with E-state index in [0.29, 0.717) is 30.3 Å². The highest BCUT2D eigenvalue weighted by Gasteiger charge is 2.34. The van der Waals surface area contributed by atoms with E-state index < -0.39 is 5.91 Å². The van der Waals surface area contributed by atoms with Crippen molar-refractivity contribution in [1.82, 2.24) is 9.99 Å². The van der Waals surface area contributed by atoms with Crippen molar-refractivity contribution in [2.75, 3.05) is 18.7 Å². The molecule has 0 saturated carbocycles. The largest absolute Gasteiger partial charge is 0.493 e. The second-order valence-corrected chi connectivity index (χ2v) is 8.60. The molecule has 0 atom stereocenters. The van der Waals surface area contributed by atoms with Crippen molar-refractivity contribution in [1.29, 1.82) is 0 Å². The smallest absolute Gasteiger partial charge is 0.282 e. The first-order valence-corrected chi connectivity index (χ1v) is 12.0. The Labute approximate surface area is 215 Å². The molecule has 1 aliphatic heterocycles. The summed E-state index contributed by atoms with van der Waals surface area (Å²) in [5, 5.41) is 2.22. The number of nitrogens with one attached hydrogen (secondary N) is 1. The fourth-order valence-electron chi connectivity index (χ4n) is 4.43. The average Bonchev–Trinajstić information content (AvgIpc) is 3.42. The van der Waals surface area contributed by atoms with Gasteiger partial charge in [-0.1, -0.05) is 48.5 Å². The lowest BCUT2D eigenvalue weighted by atomic mass is 10.1. The SMILES string of the molecule is C=CCc1ccc(OCCn2cc(C=C3C(=O)NN(c4ccccc4)C3=O)c3ccccc32)c(OC)c1. The zero-order valence-corrected chi connectivity index (χ0v) is 20.5. The van der Waals surface area contributed by atoms with Crippen LogP contribution in [0.3, 0.4) is 0 Å². The molecule has 0 radical (unpaired) electrons. The van der Waals surface area contributed by atoms with E-state index in [1.807, 2.05) is 72.9 Å². The summed E-state index contributed by atoms with van der Waals surface area (Å²) in [4.78, 5) is 25.7. The van der Waals surface area contributed by atoms with Gasteiger partial charge in [-0.15, -0.1) is 6.58 Å². The topological polar surface area (TPSA) is 72.8 Å². The van der Waals surface area contributed by atoms with Crippen molar-refractivity contribution in [2.24, 2.45) is 0 Å². The quantitative estimate of drug-likeness (QED) is 0.204. The number of methoxy groups -OCH3 is 1. The van der Waals surface area contributed by atoms with Gasteiger partial charge >= 0.3 is 0 Å². The van der Waals surface area contributed by atoms with Crippen LogP contribution in [0, 0.1) is 0 Å². The number of para-hydroxylation sites is 2. The Balaban J connectivity index is 1.37. The summed E-state index contributed by atoms with van der Waals surface area (Å²) in [6.45, 7) is 4.76. The Morgan fingerprint density at radius 3 is 2.54 bits per heavy atom. The summed E-state index contributed by atoms with van der Waals surface area (Å²) >= 11 is 0. The fraction of sp³-hybridized carbons (Fsp3) is 0.133. The number of rotatable bonds is 9. The fourth-order valence-corrected chi connectivity index (χ4v) is 4.43. The second kappa shape index (κ2) is 10.5. The Kier molecular flexibility index (Phi) is 6.76. The van der Waals surface area contributed by atoms with Gasteiger partial charge in [0.25, 0.3) is 11.8 Å². The molecule has 1 aromatic heterocycles. The van der Waals surface area contributed by atoms with Crippen LogP contribution >= 0.6 is 0 Å². The highest BCUT2D eigenvalue weighted by molar-refractivity contribution is 6.32. The van der Waals surface area contributed by atoms with Crippen LogP contribution in [0.25, 0.3) is 17.0 Å². The summed E-state index contributed by atoms with van der Waals surface area (Å²) in [5.74, 6) is 0.531. The van der Waals surface area contributed by atoms with Gasteiger partial charge in [0.2, 0.25) is 0 Å². The van der Waals surface area contributed by atoms with Gasteiger partial charge in [-0.2, -0.15) is 0 Å². The molecular formula is C30H27N3O4. The van der Waals surface area contributed by atoms with Gasteiger partial charge in [-0.3, -0.25) is 15.0 Å². The Morgan fingerprint density at radius 1 is 0.973 bits per heavy atom. The van der Waals surface area contributed by atoms with E-state index >= 15 is 0 Å². The highest BCUT2D eigenvalue weighted by atomic mass is 16.5. The summed E-state index contributed by atoms with van der Waals surface area (Å²) in [6, 6.07) is 22.8. The first kappa shape index (κ1) is 23.9. The van der Waals surface area contributed by atoms with Crippen molar-refractivity contribution in [3.8, 4) is 11.5 Å². The van der Waals surface area contributed by atoms with Crippen LogP contribution < -0.4 is 19.9 Å². The highest BCUT2D eigenvalue weighted by Crippen LogP contribution is 2.29. The molecule has 1 N–H and O–H groups in total. The third-order valence-electron chi connectivity index (χ3n) is 6.22. The van der Waals surface area contributed by atoms with Crippen LogP contribution in [0.1, 0.15) is 11.1 Å². The number of carbonyl (C=O) groups is 2. The number of nitrogens with zero attached hydrogens (tertiary/aromatic N) is 2. The van der Waals surface area contributed by atoms with E-state index in [1.165, 1.54) is 5.01 Å². The van der Waals surface area contributed by atoms with E-state index in [1.54, 1.807) is 25.3 Å². The molecule has 0 unspecified atom stereocenters. The van der Waals surface area contributed by atoms with Gasteiger partial charge in [0.15, 0.2) is 11.5 Å². The molecule has 7 nitrogen and oxygen atoms in total. The van der Waals surface area contributed by atoms with Gasteiger partial charge < -0.3 is 14.0 Å². The number of hydrogen-bond donors (Lipinski definition) is 1. The van der Waals surface area contributed by atoms with Gasteiger partial charge in [-0.05, 0) is 48.4 Å². The third-order valence-corrected chi connectivity index (χ3v) is 6.22.